The van der Waals surface area contributed by atoms with E-state index in [1.54, 1.807) is 37.4 Å². The first-order chi connectivity index (χ1) is 11.0. The van der Waals surface area contributed by atoms with Crippen LogP contribution in [0.2, 0.25) is 0 Å². The molecule has 4 nitrogen and oxygen atoms in total. The molecule has 2 amide bonds. The van der Waals surface area contributed by atoms with Crippen molar-refractivity contribution in [3.8, 4) is 0 Å². The van der Waals surface area contributed by atoms with E-state index < -0.39 is 10.8 Å². The average molecular weight is 334 g/mol. The zero-order valence-electron chi connectivity index (χ0n) is 13.1. The minimum atomic E-state index is -1.01. The minimum Gasteiger partial charge on any atom is -0.334 e. The van der Waals surface area contributed by atoms with Crippen molar-refractivity contribution < 1.29 is 13.4 Å². The Morgan fingerprint density at radius 1 is 1.04 bits per heavy atom. The third-order valence-electron chi connectivity index (χ3n) is 3.40. The Bertz CT molecular complexity index is 717. The first kappa shape index (κ1) is 17.1. The number of carbonyl (C=O) groups excluding carboxylic acids is 1. The number of amides is 2. The highest BCUT2D eigenvalue weighted by Crippen LogP contribution is 2.09. The van der Waals surface area contributed by atoms with Crippen LogP contribution < -0.4 is 10.6 Å². The van der Waals surface area contributed by atoms with Gasteiger partial charge in [-0.3, -0.25) is 4.21 Å². The molecule has 2 N–H and O–H groups in total. The average Bonchev–Trinajstić information content (AvgIpc) is 2.54. The molecule has 0 saturated carbocycles. The van der Waals surface area contributed by atoms with Gasteiger partial charge in [0.05, 0.1) is 0 Å². The summed E-state index contributed by atoms with van der Waals surface area (Å²) in [6.07, 6.45) is 1.62. The fourth-order valence-corrected chi connectivity index (χ4v) is 2.49. The summed E-state index contributed by atoms with van der Waals surface area (Å²) in [7, 11) is -1.01. The van der Waals surface area contributed by atoms with Crippen LogP contribution in [0.15, 0.2) is 47.4 Å². The zero-order chi connectivity index (χ0) is 16.8. The Labute approximate surface area is 137 Å². The van der Waals surface area contributed by atoms with Crippen LogP contribution in [0, 0.1) is 12.7 Å². The van der Waals surface area contributed by atoms with Crippen LogP contribution in [-0.2, 0) is 23.9 Å². The molecule has 2 rings (SSSR count). The highest BCUT2D eigenvalue weighted by atomic mass is 32.2. The number of hydrogen-bond donors (Lipinski definition) is 2. The molecular formula is C17H19FN2O2S. The van der Waals surface area contributed by atoms with Crippen molar-refractivity contribution in [1.82, 2.24) is 10.6 Å². The van der Waals surface area contributed by atoms with Crippen LogP contribution in [-0.4, -0.2) is 16.5 Å². The summed E-state index contributed by atoms with van der Waals surface area (Å²) in [5.41, 5.74) is 2.20. The fraction of sp³-hybridized carbons (Fsp3) is 0.235. The van der Waals surface area contributed by atoms with Crippen LogP contribution in [0.1, 0.15) is 16.7 Å². The van der Waals surface area contributed by atoms with E-state index in [4.69, 9.17) is 0 Å². The van der Waals surface area contributed by atoms with Gasteiger partial charge in [0.25, 0.3) is 0 Å². The summed E-state index contributed by atoms with van der Waals surface area (Å²) in [6.45, 7) is 2.32. The van der Waals surface area contributed by atoms with Gasteiger partial charge in [-0.1, -0.05) is 24.3 Å². The Balaban J connectivity index is 1.80. The van der Waals surface area contributed by atoms with Gasteiger partial charge in [-0.05, 0) is 41.8 Å². The lowest BCUT2D eigenvalue weighted by Gasteiger charge is -2.09. The molecule has 0 aromatic heterocycles. The third kappa shape index (κ3) is 5.17. The number of halogens is 1. The van der Waals surface area contributed by atoms with Crippen LogP contribution in [0.3, 0.4) is 0 Å². The second kappa shape index (κ2) is 7.87. The van der Waals surface area contributed by atoms with E-state index in [-0.39, 0.29) is 18.4 Å². The van der Waals surface area contributed by atoms with Crippen LogP contribution in [0.5, 0.6) is 0 Å². The first-order valence-electron chi connectivity index (χ1n) is 7.15. The van der Waals surface area contributed by atoms with E-state index in [0.717, 1.165) is 10.5 Å². The van der Waals surface area contributed by atoms with E-state index >= 15 is 0 Å². The summed E-state index contributed by atoms with van der Waals surface area (Å²) >= 11 is 0. The van der Waals surface area contributed by atoms with Gasteiger partial charge < -0.3 is 10.6 Å². The van der Waals surface area contributed by atoms with E-state index in [2.05, 4.69) is 10.6 Å². The molecule has 122 valence electrons. The monoisotopic (exact) mass is 334 g/mol. The van der Waals surface area contributed by atoms with Crippen molar-refractivity contribution in [3.63, 3.8) is 0 Å². The maximum atomic E-state index is 13.4. The molecule has 0 aliphatic heterocycles. The lowest BCUT2D eigenvalue weighted by molar-refractivity contribution is 0.240. The Hall–Kier alpha value is -2.21. The summed E-state index contributed by atoms with van der Waals surface area (Å²) in [4.78, 5) is 12.5. The van der Waals surface area contributed by atoms with Crippen molar-refractivity contribution in [3.05, 3.63) is 65.0 Å². The predicted molar refractivity (Wildman–Crippen MR) is 89.0 cm³/mol. The molecule has 0 fully saturated rings. The maximum Gasteiger partial charge on any atom is 0.315 e. The van der Waals surface area contributed by atoms with E-state index in [1.807, 2.05) is 12.1 Å². The Kier molecular flexibility index (Phi) is 5.87. The van der Waals surface area contributed by atoms with E-state index in [9.17, 15) is 13.4 Å². The Morgan fingerprint density at radius 2 is 1.61 bits per heavy atom. The molecule has 0 aliphatic carbocycles. The number of rotatable bonds is 5. The summed E-state index contributed by atoms with van der Waals surface area (Å²) < 4.78 is 24.7. The largest absolute Gasteiger partial charge is 0.334 e. The quantitative estimate of drug-likeness (QED) is 0.883. The van der Waals surface area contributed by atoms with Crippen molar-refractivity contribution in [2.45, 2.75) is 24.9 Å². The molecular weight excluding hydrogens is 315 g/mol. The first-order valence-corrected chi connectivity index (χ1v) is 8.70. The normalized spacial score (nSPS) is 11.8. The maximum absolute atomic E-state index is 13.4. The molecule has 0 bridgehead atoms. The smallest absolute Gasteiger partial charge is 0.315 e. The third-order valence-corrected chi connectivity index (χ3v) is 4.33. The standard InChI is InChI=1S/C17H19FN2O2S/c1-12-3-4-14(9-16(12)18)11-20-17(21)19-10-13-5-7-15(8-6-13)23(2)22/h3-9H,10-11H2,1-2H3,(H2,19,20,21)/t23-/m0/s1. The number of benzene rings is 2. The van der Waals surface area contributed by atoms with Crippen molar-refractivity contribution >= 4 is 16.8 Å². The SMILES string of the molecule is Cc1ccc(CNC(=O)NCc2ccc([S@](C)=O)cc2)cc1F. The van der Waals surface area contributed by atoms with Crippen LogP contribution in [0.25, 0.3) is 0 Å². The number of urea groups is 1. The molecule has 0 heterocycles. The van der Waals surface area contributed by atoms with Crippen molar-refractivity contribution in [1.29, 1.82) is 0 Å². The van der Waals surface area contributed by atoms with Gasteiger partial charge in [0.2, 0.25) is 0 Å². The van der Waals surface area contributed by atoms with Gasteiger partial charge in [-0.2, -0.15) is 0 Å². The summed E-state index contributed by atoms with van der Waals surface area (Å²) in [5.74, 6) is -0.280. The van der Waals surface area contributed by atoms with E-state index in [0.29, 0.717) is 17.7 Å². The molecule has 0 unspecified atom stereocenters. The van der Waals surface area contributed by atoms with E-state index in [1.165, 1.54) is 6.07 Å². The van der Waals surface area contributed by atoms with Crippen molar-refractivity contribution in [2.24, 2.45) is 0 Å². The topological polar surface area (TPSA) is 58.2 Å². The van der Waals surface area contributed by atoms with Crippen molar-refractivity contribution in [2.75, 3.05) is 6.26 Å². The second-order valence-electron chi connectivity index (χ2n) is 5.22. The minimum absolute atomic E-state index is 0.261. The number of hydrogen-bond acceptors (Lipinski definition) is 2. The molecule has 1 atom stereocenters. The molecule has 23 heavy (non-hydrogen) atoms. The van der Waals surface area contributed by atoms with Gasteiger partial charge in [0.15, 0.2) is 0 Å². The Morgan fingerprint density at radius 3 is 2.17 bits per heavy atom. The number of carbonyl (C=O) groups is 1. The summed E-state index contributed by atoms with van der Waals surface area (Å²) in [5, 5.41) is 5.40. The van der Waals surface area contributed by atoms with Gasteiger partial charge >= 0.3 is 6.03 Å². The molecule has 6 heteroatoms. The molecule has 2 aromatic carbocycles. The van der Waals surface area contributed by atoms with Crippen LogP contribution in [0.4, 0.5) is 9.18 Å². The number of aryl methyl sites for hydroxylation is 1. The predicted octanol–water partition coefficient (Wildman–Crippen LogP) is 2.87. The molecule has 0 radical (unpaired) electrons. The molecule has 0 spiro atoms. The molecule has 0 saturated heterocycles. The highest BCUT2D eigenvalue weighted by molar-refractivity contribution is 7.84. The van der Waals surface area contributed by atoms with Gasteiger partial charge in [0.1, 0.15) is 5.82 Å². The van der Waals surface area contributed by atoms with Gasteiger partial charge in [0, 0.05) is 35.0 Å². The molecule has 2 aromatic rings. The second-order valence-corrected chi connectivity index (χ2v) is 6.60. The lowest BCUT2D eigenvalue weighted by Crippen LogP contribution is -2.34. The lowest BCUT2D eigenvalue weighted by atomic mass is 10.1. The zero-order valence-corrected chi connectivity index (χ0v) is 13.9. The highest BCUT2D eigenvalue weighted by Gasteiger charge is 2.04. The van der Waals surface area contributed by atoms with Gasteiger partial charge in [-0.25, -0.2) is 9.18 Å². The van der Waals surface area contributed by atoms with Gasteiger partial charge in [-0.15, -0.1) is 0 Å². The number of nitrogens with one attached hydrogen (secondary N) is 2. The fourth-order valence-electron chi connectivity index (χ4n) is 1.97. The van der Waals surface area contributed by atoms with Crippen LogP contribution >= 0.6 is 0 Å². The molecule has 0 aliphatic rings. The summed E-state index contributed by atoms with van der Waals surface area (Å²) in [6, 6.07) is 11.8.